The van der Waals surface area contributed by atoms with Crippen molar-refractivity contribution in [2.24, 2.45) is 5.73 Å². The summed E-state index contributed by atoms with van der Waals surface area (Å²) in [6.07, 6.45) is -4.82. The summed E-state index contributed by atoms with van der Waals surface area (Å²) in [7, 11) is 1.22. The number of aromatic hydroxyl groups is 1. The van der Waals surface area contributed by atoms with Gasteiger partial charge in [0.1, 0.15) is 5.75 Å². The lowest BCUT2D eigenvalue weighted by Crippen LogP contribution is -2.17. The van der Waals surface area contributed by atoms with Crippen LogP contribution < -0.4 is 15.2 Å². The van der Waals surface area contributed by atoms with E-state index < -0.39 is 28.8 Å². The second kappa shape index (κ2) is 6.85. The normalized spacial score (nSPS) is 12.5. The molecule has 0 saturated carbocycles. The van der Waals surface area contributed by atoms with Crippen molar-refractivity contribution in [2.45, 2.75) is 12.4 Å². The number of nitrogens with zero attached hydrogens (tertiary/aromatic N) is 1. The summed E-state index contributed by atoms with van der Waals surface area (Å²) in [4.78, 5) is 10.3. The lowest BCUT2D eigenvalue weighted by atomic mass is 9.97. The van der Waals surface area contributed by atoms with Crippen LogP contribution in [-0.4, -0.2) is 23.5 Å². The highest BCUT2D eigenvalue weighted by atomic mass is 19.4. The van der Waals surface area contributed by atoms with Crippen LogP contribution in [0.3, 0.4) is 0 Å². The zero-order chi connectivity index (χ0) is 18.8. The standard InChI is InChI=1S/C15H13F3N2O5/c1-24-12-7-9(20(22)23)6-11(14(12)21)13(19)8-2-4-10(5-3-8)25-15(16,17)18/h2-7,13,21H,19H2,1H3/t13-/m0/s1. The Hall–Kier alpha value is -3.01. The Morgan fingerprint density at radius 3 is 2.32 bits per heavy atom. The van der Waals surface area contributed by atoms with Crippen LogP contribution in [0.1, 0.15) is 17.2 Å². The number of phenolic OH excluding ortho intramolecular Hbond substituents is 1. The largest absolute Gasteiger partial charge is 0.573 e. The maximum Gasteiger partial charge on any atom is 0.573 e. The van der Waals surface area contributed by atoms with Gasteiger partial charge in [0.15, 0.2) is 11.5 Å². The molecule has 0 aromatic heterocycles. The molecule has 0 spiro atoms. The van der Waals surface area contributed by atoms with Gasteiger partial charge in [-0.05, 0) is 17.7 Å². The fourth-order valence-corrected chi connectivity index (χ4v) is 2.17. The van der Waals surface area contributed by atoms with Crippen molar-refractivity contribution >= 4 is 5.69 Å². The summed E-state index contributed by atoms with van der Waals surface area (Å²) in [5.74, 6) is -0.975. The molecule has 0 radical (unpaired) electrons. The summed E-state index contributed by atoms with van der Waals surface area (Å²) in [6, 6.07) is 5.69. The highest BCUT2D eigenvalue weighted by Gasteiger charge is 2.31. The van der Waals surface area contributed by atoms with Crippen LogP contribution in [0.15, 0.2) is 36.4 Å². The van der Waals surface area contributed by atoms with Crippen molar-refractivity contribution in [1.82, 2.24) is 0 Å². The predicted molar refractivity (Wildman–Crippen MR) is 80.5 cm³/mol. The minimum absolute atomic E-state index is 0.00413. The number of rotatable bonds is 5. The average Bonchev–Trinajstić information content (AvgIpc) is 2.53. The molecule has 0 heterocycles. The van der Waals surface area contributed by atoms with Gasteiger partial charge in [-0.3, -0.25) is 10.1 Å². The predicted octanol–water partition coefficient (Wildman–Crippen LogP) is 3.26. The zero-order valence-electron chi connectivity index (χ0n) is 12.8. The Morgan fingerprint density at radius 2 is 1.84 bits per heavy atom. The van der Waals surface area contributed by atoms with Gasteiger partial charge in [-0.15, -0.1) is 13.2 Å². The number of phenols is 1. The Bertz CT molecular complexity index is 778. The van der Waals surface area contributed by atoms with E-state index in [1.807, 2.05) is 0 Å². The van der Waals surface area contributed by atoms with E-state index in [0.29, 0.717) is 5.56 Å². The van der Waals surface area contributed by atoms with Gasteiger partial charge in [-0.25, -0.2) is 0 Å². The highest BCUT2D eigenvalue weighted by Crippen LogP contribution is 2.39. The molecule has 0 bridgehead atoms. The molecule has 0 amide bonds. The van der Waals surface area contributed by atoms with Crippen LogP contribution in [-0.2, 0) is 0 Å². The summed E-state index contributed by atoms with van der Waals surface area (Å²) >= 11 is 0. The smallest absolute Gasteiger partial charge is 0.504 e. The van der Waals surface area contributed by atoms with Crippen molar-refractivity contribution in [3.05, 3.63) is 57.6 Å². The SMILES string of the molecule is COc1cc([N+](=O)[O-])cc([C@@H](N)c2ccc(OC(F)(F)F)cc2)c1O. The van der Waals surface area contributed by atoms with Gasteiger partial charge in [-0.2, -0.15) is 0 Å². The molecule has 10 heteroatoms. The minimum atomic E-state index is -4.82. The van der Waals surface area contributed by atoms with E-state index in [9.17, 15) is 28.4 Å². The van der Waals surface area contributed by atoms with Crippen LogP contribution in [0.5, 0.6) is 17.2 Å². The molecule has 0 aliphatic rings. The molecule has 25 heavy (non-hydrogen) atoms. The maximum absolute atomic E-state index is 12.2. The Balaban J connectivity index is 2.38. The lowest BCUT2D eigenvalue weighted by Gasteiger charge is -2.16. The topological polar surface area (TPSA) is 108 Å². The highest BCUT2D eigenvalue weighted by molar-refractivity contribution is 5.56. The fourth-order valence-electron chi connectivity index (χ4n) is 2.17. The number of nitrogens with two attached hydrogens (primary N) is 1. The molecule has 0 aliphatic carbocycles. The van der Waals surface area contributed by atoms with Gasteiger partial charge in [0.2, 0.25) is 0 Å². The van der Waals surface area contributed by atoms with Crippen molar-refractivity contribution < 1.29 is 32.7 Å². The summed E-state index contributed by atoms with van der Waals surface area (Å²) in [6.45, 7) is 0. The second-order valence-electron chi connectivity index (χ2n) is 4.94. The molecule has 1 atom stereocenters. The van der Waals surface area contributed by atoms with Crippen LogP contribution >= 0.6 is 0 Å². The molecule has 0 aliphatic heterocycles. The molecule has 0 saturated heterocycles. The molecular weight excluding hydrogens is 345 g/mol. The van der Waals surface area contributed by atoms with Gasteiger partial charge in [0.05, 0.1) is 24.1 Å². The third-order valence-corrected chi connectivity index (χ3v) is 3.33. The van der Waals surface area contributed by atoms with Crippen LogP contribution in [0.25, 0.3) is 0 Å². The number of nitro benzene ring substituents is 1. The van der Waals surface area contributed by atoms with E-state index in [4.69, 9.17) is 10.5 Å². The van der Waals surface area contributed by atoms with Crippen molar-refractivity contribution in [1.29, 1.82) is 0 Å². The quantitative estimate of drug-likeness (QED) is 0.627. The van der Waals surface area contributed by atoms with Gasteiger partial charge < -0.3 is 20.3 Å². The van der Waals surface area contributed by atoms with Gasteiger partial charge in [0, 0.05) is 11.6 Å². The Labute approximate surface area is 139 Å². The van der Waals surface area contributed by atoms with E-state index in [2.05, 4.69) is 4.74 Å². The third kappa shape index (κ3) is 4.29. The molecule has 134 valence electrons. The molecule has 0 unspecified atom stereocenters. The first kappa shape index (κ1) is 18.3. The molecule has 3 N–H and O–H groups in total. The van der Waals surface area contributed by atoms with E-state index in [1.54, 1.807) is 0 Å². The molecule has 2 rings (SSSR count). The molecular formula is C15H13F3N2O5. The Morgan fingerprint density at radius 1 is 1.24 bits per heavy atom. The number of hydrogen-bond acceptors (Lipinski definition) is 6. The van der Waals surface area contributed by atoms with Gasteiger partial charge >= 0.3 is 6.36 Å². The summed E-state index contributed by atoms with van der Waals surface area (Å²) in [5.41, 5.74) is 5.94. The van der Waals surface area contributed by atoms with Gasteiger partial charge in [-0.1, -0.05) is 12.1 Å². The first-order chi connectivity index (χ1) is 11.6. The fraction of sp³-hybridized carbons (Fsp3) is 0.200. The zero-order valence-corrected chi connectivity index (χ0v) is 12.8. The van der Waals surface area contributed by atoms with E-state index in [-0.39, 0.29) is 17.0 Å². The maximum atomic E-state index is 12.2. The first-order valence-corrected chi connectivity index (χ1v) is 6.79. The summed E-state index contributed by atoms with van der Waals surface area (Å²) in [5, 5.41) is 21.1. The first-order valence-electron chi connectivity index (χ1n) is 6.79. The van der Waals surface area contributed by atoms with E-state index in [1.165, 1.54) is 19.2 Å². The lowest BCUT2D eigenvalue weighted by molar-refractivity contribution is -0.385. The summed E-state index contributed by atoms with van der Waals surface area (Å²) < 4.78 is 45.1. The van der Waals surface area contributed by atoms with Crippen LogP contribution in [0.4, 0.5) is 18.9 Å². The second-order valence-corrected chi connectivity index (χ2v) is 4.94. The number of alkyl halides is 3. The average molecular weight is 358 g/mol. The van der Waals surface area contributed by atoms with Crippen molar-refractivity contribution in [2.75, 3.05) is 7.11 Å². The molecule has 0 fully saturated rings. The number of hydrogen-bond donors (Lipinski definition) is 2. The third-order valence-electron chi connectivity index (χ3n) is 3.33. The molecule has 7 nitrogen and oxygen atoms in total. The Kier molecular flexibility index (Phi) is 5.02. The van der Waals surface area contributed by atoms with E-state index >= 15 is 0 Å². The number of benzene rings is 2. The van der Waals surface area contributed by atoms with Crippen LogP contribution in [0, 0.1) is 10.1 Å². The molecule has 2 aromatic carbocycles. The van der Waals surface area contributed by atoms with Crippen LogP contribution in [0.2, 0.25) is 0 Å². The molecule has 2 aromatic rings. The number of ether oxygens (including phenoxy) is 2. The number of halogens is 3. The van der Waals surface area contributed by atoms with Crippen molar-refractivity contribution in [3.8, 4) is 17.2 Å². The van der Waals surface area contributed by atoms with Gasteiger partial charge in [0.25, 0.3) is 5.69 Å². The number of non-ortho nitro benzene ring substituents is 1. The van der Waals surface area contributed by atoms with Crippen molar-refractivity contribution in [3.63, 3.8) is 0 Å². The van der Waals surface area contributed by atoms with E-state index in [0.717, 1.165) is 24.3 Å². The number of nitro groups is 1. The minimum Gasteiger partial charge on any atom is -0.504 e. The monoisotopic (exact) mass is 358 g/mol. The number of methoxy groups -OCH3 is 1.